The van der Waals surface area contributed by atoms with Crippen LogP contribution in [0.25, 0.3) is 0 Å². The normalized spacial score (nSPS) is 19.6. The molecule has 0 aliphatic carbocycles. The van der Waals surface area contributed by atoms with Crippen LogP contribution in [-0.4, -0.2) is 28.6 Å². The van der Waals surface area contributed by atoms with Crippen LogP contribution in [0.15, 0.2) is 24.3 Å². The zero-order chi connectivity index (χ0) is 13.0. The van der Waals surface area contributed by atoms with E-state index in [1.165, 1.54) is 0 Å². The SMILES string of the molecule is N#Cc1cccc(CN2CCCC2CC(=O)O)c1. The van der Waals surface area contributed by atoms with E-state index in [1.54, 1.807) is 6.07 Å². The fourth-order valence-electron chi connectivity index (χ4n) is 2.51. The zero-order valence-corrected chi connectivity index (χ0v) is 10.2. The van der Waals surface area contributed by atoms with Gasteiger partial charge >= 0.3 is 5.97 Å². The van der Waals surface area contributed by atoms with E-state index in [2.05, 4.69) is 11.0 Å². The van der Waals surface area contributed by atoms with Gasteiger partial charge in [-0.15, -0.1) is 0 Å². The molecule has 0 bridgehead atoms. The molecule has 1 heterocycles. The Balaban J connectivity index is 2.03. The number of likely N-dealkylation sites (tertiary alicyclic amines) is 1. The van der Waals surface area contributed by atoms with Crippen molar-refractivity contribution in [3.8, 4) is 6.07 Å². The van der Waals surface area contributed by atoms with Crippen LogP contribution in [0, 0.1) is 11.3 Å². The number of nitrogens with zero attached hydrogens (tertiary/aromatic N) is 2. The fraction of sp³-hybridized carbons (Fsp3) is 0.429. The summed E-state index contributed by atoms with van der Waals surface area (Å²) < 4.78 is 0. The van der Waals surface area contributed by atoms with Gasteiger partial charge in [0.25, 0.3) is 0 Å². The number of benzene rings is 1. The lowest BCUT2D eigenvalue weighted by Gasteiger charge is -2.23. The average Bonchev–Trinajstić information content (AvgIpc) is 2.76. The molecule has 1 N–H and O–H groups in total. The van der Waals surface area contributed by atoms with E-state index in [-0.39, 0.29) is 12.5 Å². The third-order valence-electron chi connectivity index (χ3n) is 3.35. The highest BCUT2D eigenvalue weighted by atomic mass is 16.4. The predicted octanol–water partition coefficient (Wildman–Crippen LogP) is 2.00. The predicted molar refractivity (Wildman–Crippen MR) is 66.8 cm³/mol. The van der Waals surface area contributed by atoms with Gasteiger partial charge < -0.3 is 5.11 Å². The monoisotopic (exact) mass is 244 g/mol. The van der Waals surface area contributed by atoms with E-state index < -0.39 is 5.97 Å². The van der Waals surface area contributed by atoms with Crippen molar-refractivity contribution in [3.63, 3.8) is 0 Å². The molecule has 1 aromatic carbocycles. The molecule has 2 rings (SSSR count). The summed E-state index contributed by atoms with van der Waals surface area (Å²) in [6.07, 6.45) is 2.21. The van der Waals surface area contributed by atoms with Gasteiger partial charge in [0.2, 0.25) is 0 Å². The summed E-state index contributed by atoms with van der Waals surface area (Å²) >= 11 is 0. The van der Waals surface area contributed by atoms with Gasteiger partial charge in [0.05, 0.1) is 18.1 Å². The molecule has 1 saturated heterocycles. The highest BCUT2D eigenvalue weighted by molar-refractivity contribution is 5.67. The molecule has 4 nitrogen and oxygen atoms in total. The molecule has 1 aliphatic heterocycles. The third-order valence-corrected chi connectivity index (χ3v) is 3.35. The lowest BCUT2D eigenvalue weighted by Crippen LogP contribution is -2.30. The number of rotatable bonds is 4. The first kappa shape index (κ1) is 12.6. The van der Waals surface area contributed by atoms with Crippen molar-refractivity contribution < 1.29 is 9.90 Å². The summed E-state index contributed by atoms with van der Waals surface area (Å²) in [4.78, 5) is 13.0. The van der Waals surface area contributed by atoms with Crippen molar-refractivity contribution in [2.45, 2.75) is 31.8 Å². The van der Waals surface area contributed by atoms with Crippen molar-refractivity contribution in [2.24, 2.45) is 0 Å². The molecule has 0 saturated carbocycles. The molecular formula is C14H16N2O2. The van der Waals surface area contributed by atoms with E-state index in [1.807, 2.05) is 18.2 Å². The zero-order valence-electron chi connectivity index (χ0n) is 10.2. The van der Waals surface area contributed by atoms with E-state index in [9.17, 15) is 4.79 Å². The first-order valence-electron chi connectivity index (χ1n) is 6.14. The van der Waals surface area contributed by atoms with Crippen LogP contribution in [0.4, 0.5) is 0 Å². The highest BCUT2D eigenvalue weighted by Gasteiger charge is 2.26. The largest absolute Gasteiger partial charge is 0.481 e. The summed E-state index contributed by atoms with van der Waals surface area (Å²) in [5, 5.41) is 17.7. The Bertz CT molecular complexity index is 479. The molecule has 18 heavy (non-hydrogen) atoms. The van der Waals surface area contributed by atoms with Crippen LogP contribution >= 0.6 is 0 Å². The number of hydrogen-bond acceptors (Lipinski definition) is 3. The minimum atomic E-state index is -0.738. The molecule has 1 aromatic rings. The van der Waals surface area contributed by atoms with E-state index in [0.717, 1.165) is 31.5 Å². The number of aliphatic carboxylic acids is 1. The van der Waals surface area contributed by atoms with Crippen LogP contribution in [0.1, 0.15) is 30.4 Å². The second-order valence-electron chi connectivity index (χ2n) is 4.68. The Kier molecular flexibility index (Phi) is 3.96. The molecule has 0 aromatic heterocycles. The van der Waals surface area contributed by atoms with Crippen molar-refractivity contribution in [1.29, 1.82) is 5.26 Å². The van der Waals surface area contributed by atoms with Crippen LogP contribution in [0.5, 0.6) is 0 Å². The molecule has 1 fully saturated rings. The molecule has 0 spiro atoms. The lowest BCUT2D eigenvalue weighted by molar-refractivity contribution is -0.138. The van der Waals surface area contributed by atoms with Gasteiger partial charge in [-0.25, -0.2) is 0 Å². The fourth-order valence-corrected chi connectivity index (χ4v) is 2.51. The van der Waals surface area contributed by atoms with Gasteiger partial charge in [-0.05, 0) is 37.1 Å². The molecular weight excluding hydrogens is 228 g/mol. The van der Waals surface area contributed by atoms with Gasteiger partial charge in [0.1, 0.15) is 0 Å². The Morgan fingerprint density at radius 3 is 3.11 bits per heavy atom. The Labute approximate surface area is 106 Å². The second kappa shape index (κ2) is 5.65. The summed E-state index contributed by atoms with van der Waals surface area (Å²) in [5.74, 6) is -0.738. The smallest absolute Gasteiger partial charge is 0.304 e. The Hall–Kier alpha value is -1.86. The van der Waals surface area contributed by atoms with Gasteiger partial charge in [-0.2, -0.15) is 5.26 Å². The van der Waals surface area contributed by atoms with Gasteiger partial charge in [0, 0.05) is 12.6 Å². The molecule has 1 aliphatic rings. The van der Waals surface area contributed by atoms with Gasteiger partial charge in [0.15, 0.2) is 0 Å². The van der Waals surface area contributed by atoms with Gasteiger partial charge in [-0.1, -0.05) is 12.1 Å². The van der Waals surface area contributed by atoms with Crippen LogP contribution < -0.4 is 0 Å². The number of carboxylic acids is 1. The third kappa shape index (κ3) is 3.08. The second-order valence-corrected chi connectivity index (χ2v) is 4.68. The topological polar surface area (TPSA) is 64.3 Å². The van der Waals surface area contributed by atoms with E-state index in [0.29, 0.717) is 5.56 Å². The van der Waals surface area contributed by atoms with Gasteiger partial charge in [-0.3, -0.25) is 9.69 Å². The molecule has 1 unspecified atom stereocenters. The Morgan fingerprint density at radius 1 is 1.56 bits per heavy atom. The minimum absolute atomic E-state index is 0.133. The Morgan fingerprint density at radius 2 is 2.39 bits per heavy atom. The maximum atomic E-state index is 10.8. The van der Waals surface area contributed by atoms with Crippen molar-refractivity contribution in [2.75, 3.05) is 6.54 Å². The van der Waals surface area contributed by atoms with Crippen molar-refractivity contribution >= 4 is 5.97 Å². The minimum Gasteiger partial charge on any atom is -0.481 e. The molecule has 1 atom stereocenters. The highest BCUT2D eigenvalue weighted by Crippen LogP contribution is 2.22. The quantitative estimate of drug-likeness (QED) is 0.879. The lowest BCUT2D eigenvalue weighted by atomic mass is 10.1. The number of carboxylic acid groups (broad SMARTS) is 1. The number of nitriles is 1. The molecule has 0 radical (unpaired) electrons. The van der Waals surface area contributed by atoms with Crippen LogP contribution in [0.2, 0.25) is 0 Å². The van der Waals surface area contributed by atoms with Crippen molar-refractivity contribution in [3.05, 3.63) is 35.4 Å². The van der Waals surface area contributed by atoms with Crippen LogP contribution in [-0.2, 0) is 11.3 Å². The summed E-state index contributed by atoms with van der Waals surface area (Å²) in [7, 11) is 0. The van der Waals surface area contributed by atoms with Crippen LogP contribution in [0.3, 0.4) is 0 Å². The summed E-state index contributed by atoms with van der Waals surface area (Å²) in [6.45, 7) is 1.67. The van der Waals surface area contributed by atoms with Crippen molar-refractivity contribution in [1.82, 2.24) is 4.90 Å². The number of hydrogen-bond donors (Lipinski definition) is 1. The first-order valence-corrected chi connectivity index (χ1v) is 6.14. The first-order chi connectivity index (χ1) is 8.69. The maximum absolute atomic E-state index is 10.8. The van der Waals surface area contributed by atoms with E-state index in [4.69, 9.17) is 10.4 Å². The molecule has 94 valence electrons. The molecule has 0 amide bonds. The standard InChI is InChI=1S/C14H16N2O2/c15-9-11-3-1-4-12(7-11)10-16-6-2-5-13(16)8-14(17)18/h1,3-4,7,13H,2,5-6,8,10H2,(H,17,18). The summed E-state index contributed by atoms with van der Waals surface area (Å²) in [5.41, 5.74) is 1.73. The van der Waals surface area contributed by atoms with E-state index >= 15 is 0 Å². The molecule has 4 heteroatoms. The average molecular weight is 244 g/mol. The number of carbonyl (C=O) groups is 1. The maximum Gasteiger partial charge on any atom is 0.304 e. The summed E-state index contributed by atoms with van der Waals surface area (Å²) in [6, 6.07) is 9.76.